The SMILES string of the molecule is CC(C)C(C)(C(=O)/C=C(\O)C(C)(C(C)C)C(C)C)C(C)C.Cc1[c-]c(-c2cc(C(C)C)c3ccccc3n2)cc(C)c1.[Ir]. The Morgan fingerprint density at radius 3 is 1.79 bits per heavy atom. The van der Waals surface area contributed by atoms with E-state index in [1.807, 2.05) is 13.8 Å². The Hall–Kier alpha value is -2.29. The van der Waals surface area contributed by atoms with Gasteiger partial charge < -0.3 is 5.11 Å². The molecule has 3 aromatic rings. The number of hydrogen-bond acceptors (Lipinski definition) is 3. The van der Waals surface area contributed by atoms with Gasteiger partial charge in [0.05, 0.1) is 5.52 Å². The smallest absolute Gasteiger partial charge is 0.165 e. The van der Waals surface area contributed by atoms with Crippen molar-refractivity contribution in [3.8, 4) is 11.3 Å². The molecule has 0 unspecified atom stereocenters. The first-order valence-electron chi connectivity index (χ1n) is 15.7. The van der Waals surface area contributed by atoms with Crippen molar-refractivity contribution in [1.82, 2.24) is 4.98 Å². The monoisotopic (exact) mass is 763 g/mol. The second-order valence-electron chi connectivity index (χ2n) is 14.1. The Morgan fingerprint density at radius 2 is 1.33 bits per heavy atom. The maximum absolute atomic E-state index is 12.8. The normalized spacial score (nSPS) is 12.7. The molecule has 0 fully saturated rings. The van der Waals surface area contributed by atoms with Gasteiger partial charge in [-0.05, 0) is 46.9 Å². The molecule has 1 heterocycles. The number of ketones is 1. The summed E-state index contributed by atoms with van der Waals surface area (Å²) in [4.78, 5) is 17.7. The molecule has 0 spiro atoms. The number of allylic oxidation sites excluding steroid dienone is 2. The predicted octanol–water partition coefficient (Wildman–Crippen LogP) is 11.1. The number of nitrogens with zero attached hydrogens (tertiary/aromatic N) is 1. The van der Waals surface area contributed by atoms with E-state index in [1.165, 1.54) is 22.6 Å². The number of carbonyl (C=O) groups is 1. The van der Waals surface area contributed by atoms with Crippen LogP contribution in [0.25, 0.3) is 22.2 Å². The quantitative estimate of drug-likeness (QED) is 0.134. The van der Waals surface area contributed by atoms with Crippen molar-refractivity contribution >= 4 is 16.7 Å². The van der Waals surface area contributed by atoms with E-state index in [4.69, 9.17) is 4.98 Å². The molecule has 1 N–H and O–H groups in total. The number of hydrogen-bond donors (Lipinski definition) is 1. The first kappa shape index (κ1) is 38.7. The molecule has 3 rings (SSSR count). The largest absolute Gasteiger partial charge is 0.512 e. The van der Waals surface area contributed by atoms with Gasteiger partial charge >= 0.3 is 0 Å². The zero-order chi connectivity index (χ0) is 32.2. The summed E-state index contributed by atoms with van der Waals surface area (Å²) in [6, 6.07) is 18.3. The molecule has 0 amide bonds. The number of pyridine rings is 1. The molecule has 4 heteroatoms. The van der Waals surface area contributed by atoms with Crippen molar-refractivity contribution in [2.45, 2.75) is 103 Å². The Labute approximate surface area is 276 Å². The number of aliphatic hydroxyl groups is 1. The van der Waals surface area contributed by atoms with E-state index >= 15 is 0 Å². The second-order valence-corrected chi connectivity index (χ2v) is 14.1. The van der Waals surface area contributed by atoms with Crippen LogP contribution in [0, 0.1) is 54.4 Å². The van der Waals surface area contributed by atoms with Crippen LogP contribution in [0.3, 0.4) is 0 Å². The summed E-state index contributed by atoms with van der Waals surface area (Å²) in [6.45, 7) is 29.4. The molecule has 0 atom stereocenters. The third-order valence-corrected chi connectivity index (χ3v) is 9.94. The van der Waals surface area contributed by atoms with Crippen molar-refractivity contribution in [2.24, 2.45) is 34.5 Å². The molecule has 0 aliphatic carbocycles. The van der Waals surface area contributed by atoms with Crippen LogP contribution in [-0.2, 0) is 24.9 Å². The standard InChI is InChI=1S/C20H20N.C19H36O2.Ir/c1-13(2)18-12-20(16-10-14(3)9-15(4)11-16)21-19-8-6-5-7-17(18)19;1-12(2)18(9,13(3)4)16(20)11-17(21)19(10,14(5)6)15(7)8;/h5-10,12-13H,1-4H3;11-15,20H,1-10H3;/q-1;;/b;16-11-;. The molecule has 0 aliphatic rings. The molecular formula is C39H56IrNO2-. The predicted molar refractivity (Wildman–Crippen MR) is 181 cm³/mol. The zero-order valence-corrected chi connectivity index (χ0v) is 31.5. The Bertz CT molecular complexity index is 1360. The van der Waals surface area contributed by atoms with Gasteiger partial charge in [-0.25, -0.2) is 0 Å². The van der Waals surface area contributed by atoms with E-state index in [2.05, 4.69) is 132 Å². The van der Waals surface area contributed by atoms with Crippen molar-refractivity contribution in [3.63, 3.8) is 0 Å². The van der Waals surface area contributed by atoms with Gasteiger partial charge in [-0.3, -0.25) is 9.78 Å². The number of aryl methyl sites for hydroxylation is 2. The molecule has 0 aliphatic heterocycles. The van der Waals surface area contributed by atoms with Gasteiger partial charge in [0, 0.05) is 42.4 Å². The van der Waals surface area contributed by atoms with Crippen LogP contribution in [0.1, 0.15) is 106 Å². The van der Waals surface area contributed by atoms with Gasteiger partial charge in [0.25, 0.3) is 0 Å². The summed E-state index contributed by atoms with van der Waals surface area (Å²) < 4.78 is 0. The van der Waals surface area contributed by atoms with E-state index in [9.17, 15) is 9.90 Å². The van der Waals surface area contributed by atoms with Gasteiger partial charge in [-0.2, -0.15) is 0 Å². The van der Waals surface area contributed by atoms with Crippen LogP contribution >= 0.6 is 0 Å². The maximum atomic E-state index is 12.8. The maximum Gasteiger partial charge on any atom is 0.165 e. The van der Waals surface area contributed by atoms with Gasteiger partial charge in [0.1, 0.15) is 5.76 Å². The summed E-state index contributed by atoms with van der Waals surface area (Å²) in [6.07, 6.45) is 1.50. The number of aliphatic hydroxyl groups excluding tert-OH is 1. The van der Waals surface area contributed by atoms with Crippen LogP contribution in [0.4, 0.5) is 0 Å². The van der Waals surface area contributed by atoms with Crippen molar-refractivity contribution in [1.29, 1.82) is 0 Å². The molecule has 239 valence electrons. The molecular weight excluding hydrogens is 707 g/mol. The number of aromatic nitrogens is 1. The third-order valence-electron chi connectivity index (χ3n) is 9.94. The van der Waals surface area contributed by atoms with E-state index in [0.29, 0.717) is 5.92 Å². The molecule has 1 radical (unpaired) electrons. The van der Waals surface area contributed by atoms with Gasteiger partial charge in [-0.1, -0.05) is 121 Å². The van der Waals surface area contributed by atoms with Crippen LogP contribution in [0.15, 0.2) is 54.3 Å². The number of fused-ring (bicyclic) bond motifs is 1. The van der Waals surface area contributed by atoms with E-state index in [1.54, 1.807) is 0 Å². The zero-order valence-electron chi connectivity index (χ0n) is 29.1. The van der Waals surface area contributed by atoms with Gasteiger partial charge in [0.15, 0.2) is 5.78 Å². The summed E-state index contributed by atoms with van der Waals surface area (Å²) in [5.41, 5.74) is 6.11. The Balaban J connectivity index is 0.000000420. The van der Waals surface area contributed by atoms with Gasteiger partial charge in [-0.15, -0.1) is 34.9 Å². The summed E-state index contributed by atoms with van der Waals surface area (Å²) in [5, 5.41) is 11.9. The minimum Gasteiger partial charge on any atom is -0.512 e. The topological polar surface area (TPSA) is 50.2 Å². The summed E-state index contributed by atoms with van der Waals surface area (Å²) in [7, 11) is 0. The fourth-order valence-corrected chi connectivity index (χ4v) is 5.78. The average molecular weight is 763 g/mol. The van der Waals surface area contributed by atoms with E-state index in [0.717, 1.165) is 22.3 Å². The summed E-state index contributed by atoms with van der Waals surface area (Å²) in [5.74, 6) is 1.75. The molecule has 43 heavy (non-hydrogen) atoms. The number of carbonyl (C=O) groups excluding carboxylic acids is 1. The minimum atomic E-state index is -0.442. The first-order valence-corrected chi connectivity index (χ1v) is 15.7. The molecule has 0 saturated heterocycles. The molecule has 3 nitrogen and oxygen atoms in total. The fraction of sp³-hybridized carbons (Fsp3) is 0.538. The molecule has 0 saturated carbocycles. The fourth-order valence-electron chi connectivity index (χ4n) is 5.78. The van der Waals surface area contributed by atoms with Crippen molar-refractivity contribution < 1.29 is 30.0 Å². The van der Waals surface area contributed by atoms with Gasteiger partial charge in [0.2, 0.25) is 0 Å². The number of para-hydroxylation sites is 1. The van der Waals surface area contributed by atoms with Crippen LogP contribution in [0.5, 0.6) is 0 Å². The Kier molecular flexibility index (Phi) is 14.1. The number of rotatable bonds is 9. The second kappa shape index (κ2) is 15.6. The van der Waals surface area contributed by atoms with Crippen LogP contribution in [0.2, 0.25) is 0 Å². The van der Waals surface area contributed by atoms with Crippen molar-refractivity contribution in [3.05, 3.63) is 77.1 Å². The molecule has 2 aromatic carbocycles. The summed E-state index contributed by atoms with van der Waals surface area (Å²) >= 11 is 0. The van der Waals surface area contributed by atoms with E-state index < -0.39 is 5.41 Å². The minimum absolute atomic E-state index is 0. The average Bonchev–Trinajstić information content (AvgIpc) is 2.90. The van der Waals surface area contributed by atoms with E-state index in [-0.39, 0.29) is 60.7 Å². The molecule has 1 aromatic heterocycles. The van der Waals surface area contributed by atoms with Crippen LogP contribution < -0.4 is 0 Å². The number of benzene rings is 2. The van der Waals surface area contributed by atoms with Crippen molar-refractivity contribution in [2.75, 3.05) is 0 Å². The van der Waals surface area contributed by atoms with Crippen LogP contribution in [-0.4, -0.2) is 15.9 Å². The first-order chi connectivity index (χ1) is 19.4. The Morgan fingerprint density at radius 1 is 0.814 bits per heavy atom. The third kappa shape index (κ3) is 8.67. The molecule has 0 bridgehead atoms.